The number of thiophene rings is 1. The minimum Gasteiger partial charge on any atom is -0.351 e. The Bertz CT molecular complexity index is 851. The van der Waals surface area contributed by atoms with Crippen LogP contribution in [0.15, 0.2) is 21.7 Å². The average molecular weight is 414 g/mol. The van der Waals surface area contributed by atoms with Gasteiger partial charge in [0.1, 0.15) is 9.77 Å². The van der Waals surface area contributed by atoms with Crippen LogP contribution in [-0.2, 0) is 16.4 Å². The van der Waals surface area contributed by atoms with Gasteiger partial charge in [-0.1, -0.05) is 0 Å². The largest absolute Gasteiger partial charge is 0.351 e. The van der Waals surface area contributed by atoms with E-state index >= 15 is 0 Å². The first-order valence-corrected chi connectivity index (χ1v) is 12.0. The number of unbranched alkanes of at least 4 members (excludes halogenated alkanes) is 1. The van der Waals surface area contributed by atoms with Crippen LogP contribution in [0.4, 0.5) is 0 Å². The third-order valence-corrected chi connectivity index (χ3v) is 8.30. The van der Waals surface area contributed by atoms with Crippen LogP contribution < -0.4 is 5.32 Å². The Balaban J connectivity index is 1.51. The van der Waals surface area contributed by atoms with Crippen molar-refractivity contribution in [3.63, 3.8) is 0 Å². The average Bonchev–Trinajstić information content (AvgIpc) is 3.36. The summed E-state index contributed by atoms with van der Waals surface area (Å²) in [5, 5.41) is 7.68. The Morgan fingerprint density at radius 3 is 2.73 bits per heavy atom. The van der Waals surface area contributed by atoms with Crippen LogP contribution in [-0.4, -0.2) is 43.2 Å². The quantitative estimate of drug-likeness (QED) is 0.675. The molecule has 9 heteroatoms. The van der Waals surface area contributed by atoms with Gasteiger partial charge in [-0.2, -0.15) is 4.31 Å². The van der Waals surface area contributed by atoms with Crippen molar-refractivity contribution in [2.24, 2.45) is 0 Å². The molecule has 2 aromatic heterocycles. The van der Waals surface area contributed by atoms with Crippen LogP contribution in [0.25, 0.3) is 0 Å². The molecule has 26 heavy (non-hydrogen) atoms. The molecule has 0 aliphatic carbocycles. The number of carbonyl (C=O) groups excluding carboxylic acids is 1. The Labute approximate surface area is 162 Å². The molecule has 0 unspecified atom stereocenters. The molecule has 0 aromatic carbocycles. The number of amides is 1. The molecule has 3 heterocycles. The first-order chi connectivity index (χ1) is 12.5. The van der Waals surface area contributed by atoms with Crippen molar-refractivity contribution in [1.29, 1.82) is 0 Å². The highest BCUT2D eigenvalue weighted by atomic mass is 32.2. The molecule has 0 bridgehead atoms. The summed E-state index contributed by atoms with van der Waals surface area (Å²) in [5.74, 6) is -0.303. The van der Waals surface area contributed by atoms with Crippen LogP contribution in [0.5, 0.6) is 0 Å². The molecular formula is C17H23N3O3S3. The fourth-order valence-corrected chi connectivity index (χ4v) is 6.59. The number of aromatic nitrogens is 1. The zero-order valence-corrected chi connectivity index (χ0v) is 17.2. The van der Waals surface area contributed by atoms with Crippen molar-refractivity contribution in [2.45, 2.75) is 43.9 Å². The number of aryl methyl sites for hydroxylation is 2. The molecule has 1 aliphatic rings. The second kappa shape index (κ2) is 8.60. The van der Waals surface area contributed by atoms with Gasteiger partial charge in [0.25, 0.3) is 5.91 Å². The summed E-state index contributed by atoms with van der Waals surface area (Å²) in [7, 11) is -3.56. The zero-order valence-electron chi connectivity index (χ0n) is 14.7. The number of rotatable bonds is 8. The highest BCUT2D eigenvalue weighted by molar-refractivity contribution is 7.89. The molecule has 3 rings (SSSR count). The van der Waals surface area contributed by atoms with Gasteiger partial charge in [-0.15, -0.1) is 22.7 Å². The third-order valence-electron chi connectivity index (χ3n) is 4.29. The first kappa shape index (κ1) is 19.5. The summed E-state index contributed by atoms with van der Waals surface area (Å²) in [4.78, 5) is 17.3. The summed E-state index contributed by atoms with van der Waals surface area (Å²) in [6.45, 7) is 3.59. The normalized spacial score (nSPS) is 15.4. The lowest BCUT2D eigenvalue weighted by molar-refractivity contribution is 0.0954. The van der Waals surface area contributed by atoms with Crippen molar-refractivity contribution >= 4 is 38.6 Å². The Morgan fingerprint density at radius 2 is 2.04 bits per heavy atom. The van der Waals surface area contributed by atoms with Gasteiger partial charge in [0.05, 0.1) is 5.01 Å². The third kappa shape index (κ3) is 4.51. The number of nitrogens with zero attached hydrogens (tertiary/aromatic N) is 2. The number of hydrogen-bond acceptors (Lipinski definition) is 6. The maximum absolute atomic E-state index is 12.7. The summed E-state index contributed by atoms with van der Waals surface area (Å²) in [5.41, 5.74) is 1.04. The second-order valence-corrected chi connectivity index (χ2v) is 10.1. The van der Waals surface area contributed by atoms with E-state index in [4.69, 9.17) is 0 Å². The fourth-order valence-electron chi connectivity index (χ4n) is 2.93. The van der Waals surface area contributed by atoms with Gasteiger partial charge in [0.2, 0.25) is 10.0 Å². The standard InChI is InChI=1S/C17H23N3O3S3/c1-13-12-25-15(19-13)6-2-3-8-18-17(21)16-14(7-11-24-16)26(22,23)20-9-4-5-10-20/h7,11-12H,2-6,8-10H2,1H3,(H,18,21). The smallest absolute Gasteiger partial charge is 0.262 e. The van der Waals surface area contributed by atoms with Gasteiger partial charge < -0.3 is 5.32 Å². The second-order valence-electron chi connectivity index (χ2n) is 6.32. The minimum absolute atomic E-state index is 0.139. The lowest BCUT2D eigenvalue weighted by atomic mass is 10.2. The van der Waals surface area contributed by atoms with E-state index in [-0.39, 0.29) is 15.7 Å². The van der Waals surface area contributed by atoms with E-state index in [0.29, 0.717) is 19.6 Å². The van der Waals surface area contributed by atoms with Gasteiger partial charge in [-0.3, -0.25) is 4.79 Å². The summed E-state index contributed by atoms with van der Waals surface area (Å²) in [6, 6.07) is 1.54. The predicted octanol–water partition coefficient (Wildman–Crippen LogP) is 3.05. The van der Waals surface area contributed by atoms with Crippen molar-refractivity contribution in [2.75, 3.05) is 19.6 Å². The fraction of sp³-hybridized carbons (Fsp3) is 0.529. The Kier molecular flexibility index (Phi) is 6.44. The minimum atomic E-state index is -3.56. The monoisotopic (exact) mass is 413 g/mol. The highest BCUT2D eigenvalue weighted by Crippen LogP contribution is 2.27. The van der Waals surface area contributed by atoms with Crippen molar-refractivity contribution in [1.82, 2.24) is 14.6 Å². The van der Waals surface area contributed by atoms with Crippen LogP contribution in [0.3, 0.4) is 0 Å². The number of sulfonamides is 1. The molecule has 0 saturated carbocycles. The number of nitrogens with one attached hydrogen (secondary N) is 1. The number of thiazole rings is 1. The van der Waals surface area contributed by atoms with Crippen LogP contribution in [0.2, 0.25) is 0 Å². The molecule has 1 N–H and O–H groups in total. The van der Waals surface area contributed by atoms with Gasteiger partial charge in [0, 0.05) is 30.7 Å². The maximum Gasteiger partial charge on any atom is 0.262 e. The van der Waals surface area contributed by atoms with E-state index in [0.717, 1.165) is 42.8 Å². The molecule has 1 saturated heterocycles. The van der Waals surface area contributed by atoms with E-state index in [1.54, 1.807) is 16.7 Å². The molecule has 0 atom stereocenters. The summed E-state index contributed by atoms with van der Waals surface area (Å²) >= 11 is 2.84. The van der Waals surface area contributed by atoms with Crippen LogP contribution >= 0.6 is 22.7 Å². The molecule has 142 valence electrons. The van der Waals surface area contributed by atoms with E-state index in [2.05, 4.69) is 10.3 Å². The molecule has 2 aromatic rings. The highest BCUT2D eigenvalue weighted by Gasteiger charge is 2.31. The molecular weight excluding hydrogens is 390 g/mol. The zero-order chi connectivity index (χ0) is 18.6. The van der Waals surface area contributed by atoms with Crippen molar-refractivity contribution in [3.05, 3.63) is 32.4 Å². The lowest BCUT2D eigenvalue weighted by Crippen LogP contribution is -2.30. The topological polar surface area (TPSA) is 79.4 Å². The van der Waals surface area contributed by atoms with Crippen molar-refractivity contribution in [3.8, 4) is 0 Å². The molecule has 1 fully saturated rings. The summed E-state index contributed by atoms with van der Waals surface area (Å²) < 4.78 is 26.9. The first-order valence-electron chi connectivity index (χ1n) is 8.75. The van der Waals surface area contributed by atoms with E-state index < -0.39 is 10.0 Å². The van der Waals surface area contributed by atoms with E-state index in [9.17, 15) is 13.2 Å². The van der Waals surface area contributed by atoms with Gasteiger partial charge in [-0.05, 0) is 50.5 Å². The van der Waals surface area contributed by atoms with Crippen molar-refractivity contribution < 1.29 is 13.2 Å². The number of hydrogen-bond donors (Lipinski definition) is 1. The molecule has 0 spiro atoms. The van der Waals surface area contributed by atoms with E-state index in [1.165, 1.54) is 21.7 Å². The molecule has 0 radical (unpaired) electrons. The molecule has 1 amide bonds. The SMILES string of the molecule is Cc1csc(CCCCNC(=O)c2sccc2S(=O)(=O)N2CCCC2)n1. The van der Waals surface area contributed by atoms with Crippen LogP contribution in [0.1, 0.15) is 46.1 Å². The van der Waals surface area contributed by atoms with Gasteiger partial charge >= 0.3 is 0 Å². The van der Waals surface area contributed by atoms with E-state index in [1.807, 2.05) is 12.3 Å². The van der Waals surface area contributed by atoms with Gasteiger partial charge in [-0.25, -0.2) is 13.4 Å². The Morgan fingerprint density at radius 1 is 1.27 bits per heavy atom. The van der Waals surface area contributed by atoms with Crippen LogP contribution in [0, 0.1) is 6.92 Å². The molecule has 1 aliphatic heterocycles. The van der Waals surface area contributed by atoms with Gasteiger partial charge in [0.15, 0.2) is 0 Å². The predicted molar refractivity (Wildman–Crippen MR) is 104 cm³/mol. The maximum atomic E-state index is 12.7. The summed E-state index contributed by atoms with van der Waals surface area (Å²) in [6.07, 6.45) is 4.44. The lowest BCUT2D eigenvalue weighted by Gasteiger charge is -2.15. The number of carbonyl (C=O) groups is 1. The molecule has 6 nitrogen and oxygen atoms in total. The Hall–Kier alpha value is -1.29.